The average molecular weight is 279 g/mol. The molecule has 1 aliphatic carbocycles. The lowest BCUT2D eigenvalue weighted by Gasteiger charge is -2.54. The summed E-state index contributed by atoms with van der Waals surface area (Å²) in [5.41, 5.74) is -0.433. The van der Waals surface area contributed by atoms with Crippen molar-refractivity contribution in [2.75, 3.05) is 39.5 Å². The highest BCUT2D eigenvalue weighted by Gasteiger charge is 2.53. The van der Waals surface area contributed by atoms with Crippen LogP contribution in [0.2, 0.25) is 0 Å². The zero-order valence-electron chi connectivity index (χ0n) is 12.1. The number of rotatable bonds is 2. The summed E-state index contributed by atoms with van der Waals surface area (Å²) in [7, 11) is 0. The van der Waals surface area contributed by atoms with Gasteiger partial charge in [-0.05, 0) is 12.8 Å². The molecule has 5 nitrogen and oxygen atoms in total. The van der Waals surface area contributed by atoms with Gasteiger partial charge in [-0.1, -0.05) is 19.3 Å². The first-order valence-electron chi connectivity index (χ1n) is 7.97. The molecule has 0 aromatic heterocycles. The normalized spacial score (nSPS) is 37.5. The first kappa shape index (κ1) is 14.3. The van der Waals surface area contributed by atoms with Crippen LogP contribution in [0, 0.1) is 17.2 Å². The molecule has 0 amide bonds. The molecule has 5 heteroatoms. The van der Waals surface area contributed by atoms with Crippen molar-refractivity contribution in [3.63, 3.8) is 0 Å². The van der Waals surface area contributed by atoms with Crippen LogP contribution in [0.15, 0.2) is 0 Å². The molecule has 2 atom stereocenters. The molecule has 2 aliphatic heterocycles. The van der Waals surface area contributed by atoms with E-state index < -0.39 is 5.72 Å². The van der Waals surface area contributed by atoms with Crippen molar-refractivity contribution in [2.45, 2.75) is 43.9 Å². The Labute approximate surface area is 121 Å². The van der Waals surface area contributed by atoms with E-state index in [4.69, 9.17) is 9.47 Å². The van der Waals surface area contributed by atoms with Gasteiger partial charge < -0.3 is 9.47 Å². The maximum atomic E-state index is 9.64. The molecule has 1 N–H and O–H groups in total. The molecule has 3 aliphatic rings. The molecule has 0 spiro atoms. The minimum atomic E-state index is -0.433. The minimum absolute atomic E-state index is 0.225. The summed E-state index contributed by atoms with van der Waals surface area (Å²) in [5, 5.41) is 13.0. The van der Waals surface area contributed by atoms with Crippen LogP contribution in [0.25, 0.3) is 0 Å². The van der Waals surface area contributed by atoms with Gasteiger partial charge in [0.05, 0.1) is 25.9 Å². The molecule has 0 bridgehead atoms. The van der Waals surface area contributed by atoms with Crippen LogP contribution < -0.4 is 5.32 Å². The van der Waals surface area contributed by atoms with E-state index in [1.807, 2.05) is 0 Å². The SMILES string of the molecule is N#CC1NCCOC1(C1CCCCC1)N1CCOCC1. The Hall–Kier alpha value is -0.670. The molecule has 3 rings (SSSR count). The van der Waals surface area contributed by atoms with Crippen molar-refractivity contribution in [1.29, 1.82) is 5.26 Å². The first-order valence-corrected chi connectivity index (χ1v) is 7.97. The maximum Gasteiger partial charge on any atom is 0.153 e. The molecular formula is C15H25N3O2. The molecule has 3 fully saturated rings. The zero-order chi connectivity index (χ0) is 13.8. The molecule has 0 aromatic rings. The van der Waals surface area contributed by atoms with Gasteiger partial charge in [0.1, 0.15) is 6.04 Å². The van der Waals surface area contributed by atoms with Crippen LogP contribution in [0.5, 0.6) is 0 Å². The Morgan fingerprint density at radius 1 is 1.10 bits per heavy atom. The summed E-state index contributed by atoms with van der Waals surface area (Å²) < 4.78 is 11.8. The van der Waals surface area contributed by atoms with Gasteiger partial charge in [-0.15, -0.1) is 0 Å². The third-order valence-electron chi connectivity index (χ3n) is 5.02. The van der Waals surface area contributed by atoms with Gasteiger partial charge in [-0.3, -0.25) is 10.2 Å². The highest BCUT2D eigenvalue weighted by molar-refractivity contribution is 5.10. The highest BCUT2D eigenvalue weighted by Crippen LogP contribution is 2.41. The smallest absolute Gasteiger partial charge is 0.153 e. The van der Waals surface area contributed by atoms with Gasteiger partial charge in [0, 0.05) is 25.6 Å². The number of nitrogens with zero attached hydrogens (tertiary/aromatic N) is 2. The quantitative estimate of drug-likeness (QED) is 0.820. The second-order valence-electron chi connectivity index (χ2n) is 6.05. The van der Waals surface area contributed by atoms with E-state index >= 15 is 0 Å². The Kier molecular flexibility index (Phi) is 4.57. The third-order valence-corrected chi connectivity index (χ3v) is 5.02. The lowest BCUT2D eigenvalue weighted by Crippen LogP contribution is -2.71. The molecule has 2 heterocycles. The van der Waals surface area contributed by atoms with Gasteiger partial charge >= 0.3 is 0 Å². The van der Waals surface area contributed by atoms with Crippen LogP contribution in [0.1, 0.15) is 32.1 Å². The Balaban J connectivity index is 1.89. The van der Waals surface area contributed by atoms with Gasteiger partial charge in [-0.2, -0.15) is 5.26 Å². The summed E-state index contributed by atoms with van der Waals surface area (Å²) in [6.07, 6.45) is 6.20. The Bertz CT molecular complexity index is 339. The lowest BCUT2D eigenvalue weighted by molar-refractivity contribution is -0.235. The molecule has 0 aromatic carbocycles. The van der Waals surface area contributed by atoms with Crippen molar-refractivity contribution in [2.24, 2.45) is 5.92 Å². The first-order chi connectivity index (χ1) is 9.88. The number of hydrogen-bond acceptors (Lipinski definition) is 5. The maximum absolute atomic E-state index is 9.64. The molecule has 112 valence electrons. The van der Waals surface area contributed by atoms with Crippen molar-refractivity contribution < 1.29 is 9.47 Å². The van der Waals surface area contributed by atoms with Crippen molar-refractivity contribution in [1.82, 2.24) is 10.2 Å². The van der Waals surface area contributed by atoms with E-state index in [9.17, 15) is 5.26 Å². The Morgan fingerprint density at radius 3 is 2.55 bits per heavy atom. The van der Waals surface area contributed by atoms with Crippen molar-refractivity contribution >= 4 is 0 Å². The fourth-order valence-corrected chi connectivity index (χ4v) is 4.10. The second kappa shape index (κ2) is 6.40. The summed E-state index contributed by atoms with van der Waals surface area (Å²) >= 11 is 0. The molecule has 2 unspecified atom stereocenters. The summed E-state index contributed by atoms with van der Waals surface area (Å²) in [5.74, 6) is 0.465. The van der Waals surface area contributed by atoms with E-state index in [1.165, 1.54) is 32.1 Å². The van der Waals surface area contributed by atoms with E-state index in [1.54, 1.807) is 0 Å². The minimum Gasteiger partial charge on any atom is -0.379 e. The standard InChI is InChI=1S/C15H25N3O2/c16-12-14-15(20-9-6-17-14,13-4-2-1-3-5-13)18-7-10-19-11-8-18/h13-14,17H,1-11H2. The number of nitriles is 1. The van der Waals surface area contributed by atoms with Crippen LogP contribution in [-0.4, -0.2) is 56.1 Å². The van der Waals surface area contributed by atoms with Crippen molar-refractivity contribution in [3.8, 4) is 6.07 Å². The third kappa shape index (κ3) is 2.46. The van der Waals surface area contributed by atoms with Crippen LogP contribution in [0.4, 0.5) is 0 Å². The average Bonchev–Trinajstić information content (AvgIpc) is 2.56. The molecule has 20 heavy (non-hydrogen) atoms. The van der Waals surface area contributed by atoms with Crippen molar-refractivity contribution in [3.05, 3.63) is 0 Å². The summed E-state index contributed by atoms with van der Waals surface area (Å²) in [6, 6.07) is 2.25. The fraction of sp³-hybridized carbons (Fsp3) is 0.933. The summed E-state index contributed by atoms with van der Waals surface area (Å²) in [6.45, 7) is 4.71. The second-order valence-corrected chi connectivity index (χ2v) is 6.05. The van der Waals surface area contributed by atoms with Gasteiger partial charge in [0.15, 0.2) is 5.72 Å². The van der Waals surface area contributed by atoms with E-state index in [0.29, 0.717) is 12.5 Å². The lowest BCUT2D eigenvalue weighted by atomic mass is 9.76. The summed E-state index contributed by atoms with van der Waals surface area (Å²) in [4.78, 5) is 2.38. The molecular weight excluding hydrogens is 254 g/mol. The van der Waals surface area contributed by atoms with Crippen LogP contribution in [-0.2, 0) is 9.47 Å². The largest absolute Gasteiger partial charge is 0.379 e. The van der Waals surface area contributed by atoms with Gasteiger partial charge in [-0.25, -0.2) is 0 Å². The fourth-order valence-electron chi connectivity index (χ4n) is 4.10. The van der Waals surface area contributed by atoms with E-state index in [-0.39, 0.29) is 6.04 Å². The van der Waals surface area contributed by atoms with Gasteiger partial charge in [0.25, 0.3) is 0 Å². The molecule has 1 saturated carbocycles. The van der Waals surface area contributed by atoms with E-state index in [0.717, 1.165) is 32.8 Å². The predicted octanol–water partition coefficient (Wildman–Crippen LogP) is 1.11. The Morgan fingerprint density at radius 2 is 1.85 bits per heavy atom. The monoisotopic (exact) mass is 279 g/mol. The molecule has 2 saturated heterocycles. The zero-order valence-corrected chi connectivity index (χ0v) is 12.1. The van der Waals surface area contributed by atoms with Crippen LogP contribution >= 0.6 is 0 Å². The van der Waals surface area contributed by atoms with E-state index in [2.05, 4.69) is 16.3 Å². The van der Waals surface area contributed by atoms with Crippen LogP contribution in [0.3, 0.4) is 0 Å². The van der Waals surface area contributed by atoms with Gasteiger partial charge in [0.2, 0.25) is 0 Å². The molecule has 0 radical (unpaired) electrons. The number of ether oxygens (including phenoxy) is 2. The number of hydrogen-bond donors (Lipinski definition) is 1. The topological polar surface area (TPSA) is 57.5 Å². The number of nitrogens with one attached hydrogen (secondary N) is 1. The number of morpholine rings is 2. The predicted molar refractivity (Wildman–Crippen MR) is 75.1 cm³/mol. The highest BCUT2D eigenvalue weighted by atomic mass is 16.5.